The highest BCUT2D eigenvalue weighted by Crippen LogP contribution is 2.13. The van der Waals surface area contributed by atoms with Crippen molar-refractivity contribution in [1.82, 2.24) is 0 Å². The first kappa shape index (κ1) is 13.1. The summed E-state index contributed by atoms with van der Waals surface area (Å²) in [6.45, 7) is 6.93. The van der Waals surface area contributed by atoms with Gasteiger partial charge in [-0.3, -0.25) is 0 Å². The summed E-state index contributed by atoms with van der Waals surface area (Å²) in [7, 11) is 0. The van der Waals surface area contributed by atoms with Gasteiger partial charge in [0.05, 0.1) is 12.7 Å². The molecular weight excluding hydrogens is 218 g/mol. The fourth-order valence-electron chi connectivity index (χ4n) is 1.30. The van der Waals surface area contributed by atoms with Gasteiger partial charge < -0.3 is 10.5 Å². The maximum Gasteiger partial charge on any atom is 0.104 e. The molecule has 0 heterocycles. The molecule has 0 aliphatic heterocycles. The molecule has 16 heavy (non-hydrogen) atoms. The van der Waals surface area contributed by atoms with Crippen molar-refractivity contribution in [3.8, 4) is 0 Å². The molecule has 0 aliphatic rings. The van der Waals surface area contributed by atoms with Crippen molar-refractivity contribution in [1.29, 1.82) is 0 Å². The molecule has 0 saturated heterocycles. The third kappa shape index (κ3) is 3.58. The highest BCUT2D eigenvalue weighted by molar-refractivity contribution is 7.80. The maximum absolute atomic E-state index is 5.77. The van der Waals surface area contributed by atoms with E-state index in [-0.39, 0.29) is 6.10 Å². The molecule has 1 aromatic rings. The van der Waals surface area contributed by atoms with E-state index in [9.17, 15) is 0 Å². The van der Waals surface area contributed by atoms with Crippen LogP contribution in [0.5, 0.6) is 0 Å². The zero-order valence-corrected chi connectivity index (χ0v) is 10.9. The lowest BCUT2D eigenvalue weighted by molar-refractivity contribution is 0.0234. The molecule has 1 rings (SSSR count). The molecule has 1 atom stereocenters. The van der Waals surface area contributed by atoms with Crippen molar-refractivity contribution in [2.45, 2.75) is 33.5 Å². The molecule has 2 nitrogen and oxygen atoms in total. The van der Waals surface area contributed by atoms with Gasteiger partial charge in [0.15, 0.2) is 0 Å². The van der Waals surface area contributed by atoms with Gasteiger partial charge in [0.1, 0.15) is 4.99 Å². The van der Waals surface area contributed by atoms with E-state index in [0.29, 0.717) is 17.5 Å². The summed E-state index contributed by atoms with van der Waals surface area (Å²) in [5.74, 6) is 0.511. The molecule has 0 radical (unpaired) electrons. The average Bonchev–Trinajstić information content (AvgIpc) is 2.25. The second-order valence-corrected chi connectivity index (χ2v) is 4.72. The highest BCUT2D eigenvalue weighted by atomic mass is 32.1. The molecule has 0 aromatic heterocycles. The lowest BCUT2D eigenvalue weighted by Gasteiger charge is -2.17. The van der Waals surface area contributed by atoms with Gasteiger partial charge in [-0.2, -0.15) is 0 Å². The molecule has 0 spiro atoms. The molecule has 2 N–H and O–H groups in total. The molecule has 1 unspecified atom stereocenters. The average molecular weight is 237 g/mol. The van der Waals surface area contributed by atoms with Crippen molar-refractivity contribution in [2.75, 3.05) is 0 Å². The topological polar surface area (TPSA) is 35.2 Å². The third-order valence-electron chi connectivity index (χ3n) is 2.72. The molecule has 88 valence electrons. The minimum Gasteiger partial charge on any atom is -0.389 e. The zero-order valence-electron chi connectivity index (χ0n) is 10.1. The van der Waals surface area contributed by atoms with Crippen LogP contribution < -0.4 is 5.73 Å². The first-order valence-electron chi connectivity index (χ1n) is 5.51. The summed E-state index contributed by atoms with van der Waals surface area (Å²) in [5, 5.41) is 0. The van der Waals surface area contributed by atoms with Gasteiger partial charge in [0.25, 0.3) is 0 Å². The second kappa shape index (κ2) is 5.97. The Bertz CT molecular complexity index is 363. The molecule has 0 saturated carbocycles. The van der Waals surface area contributed by atoms with Crippen LogP contribution in [0.2, 0.25) is 0 Å². The van der Waals surface area contributed by atoms with Gasteiger partial charge >= 0.3 is 0 Å². The van der Waals surface area contributed by atoms with Crippen LogP contribution in [0.15, 0.2) is 24.3 Å². The van der Waals surface area contributed by atoms with Crippen molar-refractivity contribution in [3.05, 3.63) is 35.4 Å². The van der Waals surface area contributed by atoms with Crippen LogP contribution >= 0.6 is 12.2 Å². The number of benzene rings is 1. The first-order valence-corrected chi connectivity index (χ1v) is 5.92. The van der Waals surface area contributed by atoms with Crippen LogP contribution in [-0.2, 0) is 11.3 Å². The lowest BCUT2D eigenvalue weighted by atomic mass is 10.1. The number of thiocarbonyl (C=S) groups is 1. The first-order chi connectivity index (χ1) is 7.52. The van der Waals surface area contributed by atoms with Gasteiger partial charge in [-0.05, 0) is 18.4 Å². The van der Waals surface area contributed by atoms with Gasteiger partial charge in [0, 0.05) is 5.56 Å². The van der Waals surface area contributed by atoms with Crippen molar-refractivity contribution >= 4 is 17.2 Å². The predicted octanol–water partition coefficient (Wildman–Crippen LogP) is 2.88. The number of rotatable bonds is 5. The van der Waals surface area contributed by atoms with E-state index in [2.05, 4.69) is 20.8 Å². The summed E-state index contributed by atoms with van der Waals surface area (Å²) in [5.41, 5.74) is 7.63. The molecule has 3 heteroatoms. The molecular formula is C13H19NOS. The van der Waals surface area contributed by atoms with Crippen molar-refractivity contribution in [3.63, 3.8) is 0 Å². The van der Waals surface area contributed by atoms with Crippen LogP contribution in [0.4, 0.5) is 0 Å². The molecule has 0 amide bonds. The Morgan fingerprint density at radius 2 is 1.94 bits per heavy atom. The molecule has 1 aromatic carbocycles. The smallest absolute Gasteiger partial charge is 0.104 e. The third-order valence-corrected chi connectivity index (χ3v) is 2.94. The quantitative estimate of drug-likeness (QED) is 0.800. The standard InChI is InChI=1S/C13H19NOS/c1-9(2)10(3)15-8-11-6-4-5-7-12(11)13(14)16/h4-7,9-10H,8H2,1-3H3,(H2,14,16). The minimum atomic E-state index is 0.236. The monoisotopic (exact) mass is 237 g/mol. The van der Waals surface area contributed by atoms with Crippen molar-refractivity contribution in [2.24, 2.45) is 11.7 Å². The normalized spacial score (nSPS) is 12.8. The molecule has 0 aliphatic carbocycles. The Balaban J connectivity index is 2.70. The van der Waals surface area contributed by atoms with E-state index in [1.165, 1.54) is 0 Å². The Kier molecular flexibility index (Phi) is 4.90. The fraction of sp³-hybridized carbons (Fsp3) is 0.462. The number of ether oxygens (including phenoxy) is 1. The summed E-state index contributed by atoms with van der Waals surface area (Å²) < 4.78 is 5.77. The minimum absolute atomic E-state index is 0.236. The van der Waals surface area contributed by atoms with Crippen molar-refractivity contribution < 1.29 is 4.74 Å². The number of hydrogen-bond acceptors (Lipinski definition) is 2. The summed E-state index contributed by atoms with van der Waals surface area (Å²) in [6.07, 6.45) is 0.236. The predicted molar refractivity (Wildman–Crippen MR) is 71.4 cm³/mol. The fourth-order valence-corrected chi connectivity index (χ4v) is 1.50. The molecule has 0 bridgehead atoms. The SMILES string of the molecule is CC(C)C(C)OCc1ccccc1C(N)=S. The molecule has 0 fully saturated rings. The summed E-state index contributed by atoms with van der Waals surface area (Å²) >= 11 is 5.00. The summed E-state index contributed by atoms with van der Waals surface area (Å²) in [6, 6.07) is 7.84. The maximum atomic E-state index is 5.77. The van der Waals surface area contributed by atoms with E-state index < -0.39 is 0 Å². The van der Waals surface area contributed by atoms with E-state index in [1.807, 2.05) is 24.3 Å². The van der Waals surface area contributed by atoms with Crippen LogP contribution in [0.1, 0.15) is 31.9 Å². The Hall–Kier alpha value is -0.930. The highest BCUT2D eigenvalue weighted by Gasteiger charge is 2.09. The van der Waals surface area contributed by atoms with Gasteiger partial charge in [-0.15, -0.1) is 0 Å². The van der Waals surface area contributed by atoms with Crippen LogP contribution in [0, 0.1) is 5.92 Å². The van der Waals surface area contributed by atoms with E-state index in [4.69, 9.17) is 22.7 Å². The Morgan fingerprint density at radius 1 is 1.31 bits per heavy atom. The Labute approximate surface area is 103 Å². The Morgan fingerprint density at radius 3 is 2.50 bits per heavy atom. The van der Waals surface area contributed by atoms with E-state index >= 15 is 0 Å². The van der Waals surface area contributed by atoms with Gasteiger partial charge in [-0.25, -0.2) is 0 Å². The van der Waals surface area contributed by atoms with Gasteiger partial charge in [-0.1, -0.05) is 50.3 Å². The largest absolute Gasteiger partial charge is 0.389 e. The van der Waals surface area contributed by atoms with E-state index in [1.54, 1.807) is 0 Å². The van der Waals surface area contributed by atoms with Crippen LogP contribution in [0.25, 0.3) is 0 Å². The zero-order chi connectivity index (χ0) is 12.1. The van der Waals surface area contributed by atoms with Crippen LogP contribution in [-0.4, -0.2) is 11.1 Å². The number of hydrogen-bond donors (Lipinski definition) is 1. The lowest BCUT2D eigenvalue weighted by Crippen LogP contribution is -2.17. The summed E-state index contributed by atoms with van der Waals surface area (Å²) in [4.78, 5) is 0.427. The van der Waals surface area contributed by atoms with Crippen LogP contribution in [0.3, 0.4) is 0 Å². The van der Waals surface area contributed by atoms with E-state index in [0.717, 1.165) is 11.1 Å². The second-order valence-electron chi connectivity index (χ2n) is 4.28. The number of nitrogens with two attached hydrogens (primary N) is 1. The van der Waals surface area contributed by atoms with Gasteiger partial charge in [0.2, 0.25) is 0 Å².